The Bertz CT molecular complexity index is 403. The topological polar surface area (TPSA) is 58.2 Å². The molecule has 0 fully saturated rings. The van der Waals surface area contributed by atoms with E-state index in [9.17, 15) is 9.59 Å². The van der Waals surface area contributed by atoms with Crippen molar-refractivity contribution in [2.75, 3.05) is 6.54 Å². The molecule has 0 aromatic heterocycles. The highest BCUT2D eigenvalue weighted by Gasteiger charge is 2.15. The average molecular weight is 255 g/mol. The highest BCUT2D eigenvalue weighted by Crippen LogP contribution is 2.09. The minimum atomic E-state index is -0.557. The Balaban J connectivity index is 2.60. The monoisotopic (exact) mass is 254 g/mol. The molecule has 17 heavy (non-hydrogen) atoms. The summed E-state index contributed by atoms with van der Waals surface area (Å²) in [6, 6.07) is 5.93. The molecule has 1 aromatic carbocycles. The minimum Gasteiger partial charge on any atom is -0.355 e. The maximum atomic E-state index is 11.7. The predicted molar refractivity (Wildman–Crippen MR) is 67.1 cm³/mol. The van der Waals surface area contributed by atoms with Gasteiger partial charge < -0.3 is 10.6 Å². The molecule has 1 rings (SSSR count). The van der Waals surface area contributed by atoms with Crippen LogP contribution in [-0.4, -0.2) is 24.4 Å². The van der Waals surface area contributed by atoms with E-state index in [0.717, 1.165) is 0 Å². The number of hydrogen-bond acceptors (Lipinski definition) is 2. The Morgan fingerprint density at radius 1 is 1.29 bits per heavy atom. The first kappa shape index (κ1) is 13.5. The molecule has 2 N–H and O–H groups in total. The average Bonchev–Trinajstić information content (AvgIpc) is 2.30. The van der Waals surface area contributed by atoms with E-state index in [2.05, 4.69) is 10.6 Å². The van der Waals surface area contributed by atoms with Gasteiger partial charge >= 0.3 is 0 Å². The van der Waals surface area contributed by atoms with Crippen LogP contribution in [0.3, 0.4) is 0 Å². The van der Waals surface area contributed by atoms with Crippen molar-refractivity contribution in [1.29, 1.82) is 0 Å². The third-order valence-corrected chi connectivity index (χ3v) is 2.45. The van der Waals surface area contributed by atoms with Crippen molar-refractivity contribution in [2.45, 2.75) is 19.9 Å². The highest BCUT2D eigenvalue weighted by atomic mass is 35.5. The fraction of sp³-hybridized carbons (Fsp3) is 0.333. The predicted octanol–water partition coefficient (Wildman–Crippen LogP) is 1.59. The number of amides is 2. The van der Waals surface area contributed by atoms with Crippen molar-refractivity contribution < 1.29 is 9.59 Å². The second-order valence-corrected chi connectivity index (χ2v) is 4.03. The molecule has 4 nitrogen and oxygen atoms in total. The van der Waals surface area contributed by atoms with Gasteiger partial charge in [-0.3, -0.25) is 9.59 Å². The van der Waals surface area contributed by atoms with Gasteiger partial charge in [-0.15, -0.1) is 0 Å². The van der Waals surface area contributed by atoms with Crippen LogP contribution in [0, 0.1) is 0 Å². The van der Waals surface area contributed by atoms with Crippen molar-refractivity contribution in [3.63, 3.8) is 0 Å². The Labute approximate surface area is 105 Å². The van der Waals surface area contributed by atoms with E-state index in [1.165, 1.54) is 0 Å². The lowest BCUT2D eigenvalue weighted by molar-refractivity contribution is -0.122. The standard InChI is InChI=1S/C12H15ClN2O2/c1-3-14-11(16)8(2)15-12(17)9-4-6-10(13)7-5-9/h4-8H,3H2,1-2H3,(H,14,16)(H,15,17)/t8-/m0/s1. The number of hydrogen-bond donors (Lipinski definition) is 2. The van der Waals surface area contributed by atoms with Gasteiger partial charge in [-0.05, 0) is 38.1 Å². The summed E-state index contributed by atoms with van der Waals surface area (Å²) >= 11 is 5.72. The van der Waals surface area contributed by atoms with Gasteiger partial charge in [0.05, 0.1) is 0 Å². The van der Waals surface area contributed by atoms with E-state index >= 15 is 0 Å². The Kier molecular flexibility index (Phi) is 4.97. The van der Waals surface area contributed by atoms with E-state index in [-0.39, 0.29) is 11.8 Å². The summed E-state index contributed by atoms with van der Waals surface area (Å²) in [6.07, 6.45) is 0. The maximum Gasteiger partial charge on any atom is 0.251 e. The number of rotatable bonds is 4. The summed E-state index contributed by atoms with van der Waals surface area (Å²) in [5.41, 5.74) is 0.477. The van der Waals surface area contributed by atoms with E-state index in [1.54, 1.807) is 31.2 Å². The van der Waals surface area contributed by atoms with Crippen molar-refractivity contribution in [2.24, 2.45) is 0 Å². The molecule has 1 atom stereocenters. The first-order valence-corrected chi connectivity index (χ1v) is 5.76. The van der Waals surface area contributed by atoms with Crippen LogP contribution in [0.4, 0.5) is 0 Å². The summed E-state index contributed by atoms with van der Waals surface area (Å²) in [7, 11) is 0. The highest BCUT2D eigenvalue weighted by molar-refractivity contribution is 6.30. The largest absolute Gasteiger partial charge is 0.355 e. The van der Waals surface area contributed by atoms with Crippen LogP contribution >= 0.6 is 11.6 Å². The number of carbonyl (C=O) groups is 2. The Morgan fingerprint density at radius 3 is 2.41 bits per heavy atom. The molecule has 5 heteroatoms. The van der Waals surface area contributed by atoms with E-state index in [0.29, 0.717) is 17.1 Å². The number of likely N-dealkylation sites (N-methyl/N-ethyl adjacent to an activating group) is 1. The number of benzene rings is 1. The zero-order valence-corrected chi connectivity index (χ0v) is 10.5. The molecule has 0 aliphatic rings. The normalized spacial score (nSPS) is 11.7. The molecule has 0 saturated heterocycles. The maximum absolute atomic E-state index is 11.7. The lowest BCUT2D eigenvalue weighted by Crippen LogP contribution is -2.44. The van der Waals surface area contributed by atoms with Gasteiger partial charge in [0.2, 0.25) is 5.91 Å². The van der Waals surface area contributed by atoms with Crippen LogP contribution in [-0.2, 0) is 4.79 Å². The third kappa shape index (κ3) is 4.07. The van der Waals surface area contributed by atoms with E-state index in [4.69, 9.17) is 11.6 Å². The van der Waals surface area contributed by atoms with Crippen molar-refractivity contribution in [1.82, 2.24) is 10.6 Å². The van der Waals surface area contributed by atoms with Crippen LogP contribution in [0.5, 0.6) is 0 Å². The van der Waals surface area contributed by atoms with Gasteiger partial charge in [-0.2, -0.15) is 0 Å². The Hall–Kier alpha value is -1.55. The molecule has 1 aromatic rings. The first-order valence-electron chi connectivity index (χ1n) is 5.38. The summed E-state index contributed by atoms with van der Waals surface area (Å²) in [6.45, 7) is 4.00. The molecule has 92 valence electrons. The molecule has 0 aliphatic carbocycles. The molecule has 0 radical (unpaired) electrons. The molecule has 0 aliphatic heterocycles. The van der Waals surface area contributed by atoms with E-state index < -0.39 is 6.04 Å². The zero-order chi connectivity index (χ0) is 12.8. The molecule has 0 saturated carbocycles. The lowest BCUT2D eigenvalue weighted by atomic mass is 10.2. The minimum absolute atomic E-state index is 0.199. The summed E-state index contributed by atoms with van der Waals surface area (Å²) < 4.78 is 0. The van der Waals surface area contributed by atoms with Crippen molar-refractivity contribution in [3.05, 3.63) is 34.9 Å². The van der Waals surface area contributed by atoms with E-state index in [1.807, 2.05) is 6.92 Å². The van der Waals surface area contributed by atoms with Gasteiger partial charge in [0, 0.05) is 17.1 Å². The van der Waals surface area contributed by atoms with Crippen LogP contribution in [0.1, 0.15) is 24.2 Å². The molecule has 0 heterocycles. The second-order valence-electron chi connectivity index (χ2n) is 3.60. The summed E-state index contributed by atoms with van der Waals surface area (Å²) in [5, 5.41) is 5.81. The molecular weight excluding hydrogens is 240 g/mol. The summed E-state index contributed by atoms with van der Waals surface area (Å²) in [4.78, 5) is 23.2. The molecule has 0 bridgehead atoms. The zero-order valence-electron chi connectivity index (χ0n) is 9.79. The van der Waals surface area contributed by atoms with Gasteiger partial charge in [0.25, 0.3) is 5.91 Å². The number of carbonyl (C=O) groups excluding carboxylic acids is 2. The lowest BCUT2D eigenvalue weighted by Gasteiger charge is -2.13. The summed E-state index contributed by atoms with van der Waals surface area (Å²) in [5.74, 6) is -0.491. The van der Waals surface area contributed by atoms with Crippen molar-refractivity contribution in [3.8, 4) is 0 Å². The number of halogens is 1. The second kappa shape index (κ2) is 6.25. The van der Waals surface area contributed by atoms with Gasteiger partial charge in [-0.25, -0.2) is 0 Å². The fourth-order valence-electron chi connectivity index (χ4n) is 1.27. The molecular formula is C12H15ClN2O2. The SMILES string of the molecule is CCNC(=O)[C@H](C)NC(=O)c1ccc(Cl)cc1. The third-order valence-electron chi connectivity index (χ3n) is 2.20. The smallest absolute Gasteiger partial charge is 0.251 e. The van der Waals surface area contributed by atoms with Gasteiger partial charge in [-0.1, -0.05) is 11.6 Å². The Morgan fingerprint density at radius 2 is 1.88 bits per heavy atom. The molecule has 0 unspecified atom stereocenters. The van der Waals surface area contributed by atoms with Crippen LogP contribution in [0.2, 0.25) is 5.02 Å². The molecule has 2 amide bonds. The molecule has 0 spiro atoms. The van der Waals surface area contributed by atoms with Crippen molar-refractivity contribution >= 4 is 23.4 Å². The van der Waals surface area contributed by atoms with Crippen LogP contribution < -0.4 is 10.6 Å². The quantitative estimate of drug-likeness (QED) is 0.857. The first-order chi connectivity index (χ1) is 8.04. The van der Waals surface area contributed by atoms with Crippen LogP contribution in [0.25, 0.3) is 0 Å². The number of nitrogens with one attached hydrogen (secondary N) is 2. The van der Waals surface area contributed by atoms with Gasteiger partial charge in [0.15, 0.2) is 0 Å². The van der Waals surface area contributed by atoms with Gasteiger partial charge in [0.1, 0.15) is 6.04 Å². The fourth-order valence-corrected chi connectivity index (χ4v) is 1.40. The van der Waals surface area contributed by atoms with Crippen LogP contribution in [0.15, 0.2) is 24.3 Å².